The summed E-state index contributed by atoms with van der Waals surface area (Å²) in [5, 5.41) is 2.94. The van der Waals surface area contributed by atoms with Gasteiger partial charge in [0, 0.05) is 24.2 Å². The molecule has 0 unspecified atom stereocenters. The summed E-state index contributed by atoms with van der Waals surface area (Å²) in [6, 6.07) is 11.6. The van der Waals surface area contributed by atoms with Crippen molar-refractivity contribution in [1.82, 2.24) is 9.55 Å². The second kappa shape index (κ2) is 6.71. The number of carbonyl (C=O) groups is 1. The number of anilines is 1. The van der Waals surface area contributed by atoms with Crippen molar-refractivity contribution >= 4 is 22.6 Å². The predicted molar refractivity (Wildman–Crippen MR) is 99.9 cm³/mol. The average Bonchev–Trinajstić information content (AvgIpc) is 2.98. The number of nitrogens with one attached hydrogen (secondary N) is 1. The van der Waals surface area contributed by atoms with Crippen molar-refractivity contribution in [2.45, 2.75) is 26.8 Å². The Bertz CT molecular complexity index is 961. The van der Waals surface area contributed by atoms with Gasteiger partial charge in [0.25, 0.3) is 0 Å². The lowest BCUT2D eigenvalue weighted by atomic mass is 10.2. The minimum absolute atomic E-state index is 0.0854. The Morgan fingerprint density at radius 1 is 1.15 bits per heavy atom. The van der Waals surface area contributed by atoms with Crippen LogP contribution in [0.25, 0.3) is 11.0 Å². The predicted octanol–water partition coefficient (Wildman–Crippen LogP) is 3.32. The van der Waals surface area contributed by atoms with E-state index >= 15 is 0 Å². The smallest absolute Gasteiger partial charge is 0.244 e. The number of carbonyl (C=O) groups excluding carboxylic acids is 1. The van der Waals surface area contributed by atoms with Crippen LogP contribution in [0.15, 0.2) is 36.4 Å². The Balaban J connectivity index is 1.64. The molecule has 26 heavy (non-hydrogen) atoms. The number of aryl methyl sites for hydroxylation is 2. The number of ether oxygens (including phenoxy) is 2. The second-order valence-corrected chi connectivity index (χ2v) is 6.37. The van der Waals surface area contributed by atoms with E-state index in [-0.39, 0.29) is 12.5 Å². The Hall–Kier alpha value is -3.02. The van der Waals surface area contributed by atoms with Crippen LogP contribution < -0.4 is 14.8 Å². The minimum atomic E-state index is -0.0854. The highest BCUT2D eigenvalue weighted by molar-refractivity contribution is 5.92. The van der Waals surface area contributed by atoms with E-state index in [9.17, 15) is 4.79 Å². The first kappa shape index (κ1) is 16.4. The molecule has 0 fully saturated rings. The molecular formula is C20H21N3O3. The average molecular weight is 351 g/mol. The lowest BCUT2D eigenvalue weighted by Gasteiger charge is -2.18. The Kier molecular flexibility index (Phi) is 4.24. The molecule has 0 saturated carbocycles. The van der Waals surface area contributed by atoms with Crippen LogP contribution in [0, 0.1) is 6.92 Å². The van der Waals surface area contributed by atoms with Gasteiger partial charge in [0.2, 0.25) is 5.91 Å². The van der Waals surface area contributed by atoms with E-state index in [1.807, 2.05) is 54.8 Å². The first-order valence-corrected chi connectivity index (χ1v) is 8.79. The lowest BCUT2D eigenvalue weighted by Crippen LogP contribution is -2.20. The van der Waals surface area contributed by atoms with Gasteiger partial charge in [-0.05, 0) is 19.1 Å². The molecule has 0 atom stereocenters. The van der Waals surface area contributed by atoms with E-state index in [0.29, 0.717) is 24.7 Å². The van der Waals surface area contributed by atoms with Crippen LogP contribution in [0.4, 0.5) is 5.69 Å². The molecule has 1 aliphatic rings. The number of amides is 1. The van der Waals surface area contributed by atoms with Gasteiger partial charge in [-0.2, -0.15) is 0 Å². The molecule has 0 aliphatic carbocycles. The third-order valence-corrected chi connectivity index (χ3v) is 4.44. The summed E-state index contributed by atoms with van der Waals surface area (Å²) in [6.45, 7) is 5.32. The maximum absolute atomic E-state index is 12.5. The Morgan fingerprint density at radius 3 is 2.54 bits per heavy atom. The van der Waals surface area contributed by atoms with Gasteiger partial charge >= 0.3 is 0 Å². The fourth-order valence-corrected chi connectivity index (χ4v) is 3.14. The third kappa shape index (κ3) is 3.10. The van der Waals surface area contributed by atoms with Crippen molar-refractivity contribution in [2.24, 2.45) is 0 Å². The van der Waals surface area contributed by atoms with Crippen LogP contribution in [-0.2, 0) is 17.8 Å². The van der Waals surface area contributed by atoms with Gasteiger partial charge in [-0.1, -0.05) is 24.6 Å². The van der Waals surface area contributed by atoms with E-state index in [0.717, 1.165) is 34.5 Å². The monoisotopic (exact) mass is 351 g/mol. The van der Waals surface area contributed by atoms with Gasteiger partial charge in [-0.3, -0.25) is 4.79 Å². The second-order valence-electron chi connectivity index (χ2n) is 6.37. The summed E-state index contributed by atoms with van der Waals surface area (Å²) >= 11 is 0. The molecule has 2 aromatic carbocycles. The molecule has 0 saturated heterocycles. The van der Waals surface area contributed by atoms with Crippen molar-refractivity contribution in [3.05, 3.63) is 47.8 Å². The quantitative estimate of drug-likeness (QED) is 0.783. The van der Waals surface area contributed by atoms with Gasteiger partial charge in [0.05, 0.1) is 11.0 Å². The van der Waals surface area contributed by atoms with E-state index in [2.05, 4.69) is 10.3 Å². The zero-order valence-corrected chi connectivity index (χ0v) is 14.9. The van der Waals surface area contributed by atoms with Gasteiger partial charge in [-0.25, -0.2) is 4.98 Å². The van der Waals surface area contributed by atoms with Crippen LogP contribution in [0.5, 0.6) is 11.5 Å². The normalized spacial score (nSPS) is 13.0. The topological polar surface area (TPSA) is 65.4 Å². The molecule has 1 amide bonds. The summed E-state index contributed by atoms with van der Waals surface area (Å²) in [5.41, 5.74) is 3.64. The number of nitrogens with zero attached hydrogens (tertiary/aromatic N) is 2. The zero-order valence-electron chi connectivity index (χ0n) is 14.9. The lowest BCUT2D eigenvalue weighted by molar-refractivity contribution is -0.116. The SMILES string of the molecule is CCc1nc2cc3c(cc2n1CC(=O)Nc1ccc(C)cc1)OCCO3. The van der Waals surface area contributed by atoms with Gasteiger partial charge in [-0.15, -0.1) is 0 Å². The standard InChI is InChI=1S/C20H21N3O3/c1-3-19-22-15-10-17-18(26-9-8-25-17)11-16(15)23(19)12-20(24)21-14-6-4-13(2)5-7-14/h4-7,10-11H,3,8-9,12H2,1-2H3,(H,21,24). The van der Waals surface area contributed by atoms with Crippen LogP contribution in [0.2, 0.25) is 0 Å². The van der Waals surface area contributed by atoms with Crippen molar-refractivity contribution in [1.29, 1.82) is 0 Å². The van der Waals surface area contributed by atoms with Crippen LogP contribution >= 0.6 is 0 Å². The molecule has 1 aromatic heterocycles. The first-order chi connectivity index (χ1) is 12.6. The zero-order chi connectivity index (χ0) is 18.1. The number of aromatic nitrogens is 2. The molecular weight excluding hydrogens is 330 g/mol. The van der Waals surface area contributed by atoms with Gasteiger partial charge in [0.1, 0.15) is 25.6 Å². The molecule has 3 aromatic rings. The number of hydrogen-bond acceptors (Lipinski definition) is 4. The number of fused-ring (bicyclic) bond motifs is 2. The molecule has 6 heteroatoms. The fraction of sp³-hybridized carbons (Fsp3) is 0.300. The number of rotatable bonds is 4. The minimum Gasteiger partial charge on any atom is -0.486 e. The number of imidazole rings is 1. The van der Waals surface area contributed by atoms with Crippen LogP contribution in [0.1, 0.15) is 18.3 Å². The maximum atomic E-state index is 12.5. The maximum Gasteiger partial charge on any atom is 0.244 e. The largest absolute Gasteiger partial charge is 0.486 e. The summed E-state index contributed by atoms with van der Waals surface area (Å²) < 4.78 is 13.2. The number of benzene rings is 2. The van der Waals surface area contributed by atoms with Crippen molar-refractivity contribution in [3.63, 3.8) is 0 Å². The highest BCUT2D eigenvalue weighted by atomic mass is 16.6. The molecule has 134 valence electrons. The molecule has 2 heterocycles. The Morgan fingerprint density at radius 2 is 1.85 bits per heavy atom. The summed E-state index contributed by atoms with van der Waals surface area (Å²) in [6.07, 6.45) is 0.735. The van der Waals surface area contributed by atoms with E-state index < -0.39 is 0 Å². The van der Waals surface area contributed by atoms with Gasteiger partial charge in [0.15, 0.2) is 11.5 Å². The van der Waals surface area contributed by atoms with Crippen molar-refractivity contribution in [3.8, 4) is 11.5 Å². The third-order valence-electron chi connectivity index (χ3n) is 4.44. The summed E-state index contributed by atoms with van der Waals surface area (Å²) in [4.78, 5) is 17.2. The molecule has 0 bridgehead atoms. The fourth-order valence-electron chi connectivity index (χ4n) is 3.14. The first-order valence-electron chi connectivity index (χ1n) is 8.79. The van der Waals surface area contributed by atoms with E-state index in [4.69, 9.17) is 9.47 Å². The molecule has 1 N–H and O–H groups in total. The molecule has 4 rings (SSSR count). The Labute approximate surface area is 151 Å². The molecule has 1 aliphatic heterocycles. The highest BCUT2D eigenvalue weighted by Gasteiger charge is 2.19. The molecule has 6 nitrogen and oxygen atoms in total. The van der Waals surface area contributed by atoms with Gasteiger partial charge < -0.3 is 19.4 Å². The highest BCUT2D eigenvalue weighted by Crippen LogP contribution is 2.34. The van der Waals surface area contributed by atoms with Crippen molar-refractivity contribution < 1.29 is 14.3 Å². The van der Waals surface area contributed by atoms with Crippen molar-refractivity contribution in [2.75, 3.05) is 18.5 Å². The molecule has 0 spiro atoms. The molecule has 0 radical (unpaired) electrons. The summed E-state index contributed by atoms with van der Waals surface area (Å²) in [7, 11) is 0. The van der Waals surface area contributed by atoms with Crippen LogP contribution in [-0.4, -0.2) is 28.7 Å². The summed E-state index contributed by atoms with van der Waals surface area (Å²) in [5.74, 6) is 2.19. The van der Waals surface area contributed by atoms with Crippen LogP contribution in [0.3, 0.4) is 0 Å². The van der Waals surface area contributed by atoms with E-state index in [1.54, 1.807) is 0 Å². The van der Waals surface area contributed by atoms with E-state index in [1.165, 1.54) is 0 Å². The number of hydrogen-bond donors (Lipinski definition) is 1.